The van der Waals surface area contributed by atoms with Crippen LogP contribution in [0.2, 0.25) is 0 Å². The van der Waals surface area contributed by atoms with E-state index in [0.29, 0.717) is 43.9 Å². The molecule has 278 valence electrons. The van der Waals surface area contributed by atoms with Crippen LogP contribution in [0.25, 0.3) is 0 Å². The predicted octanol–water partition coefficient (Wildman–Crippen LogP) is 9.03. The number of hydrogen-bond donors (Lipinski definition) is 0. The van der Waals surface area contributed by atoms with Crippen LogP contribution in [0.1, 0.15) is 76.4 Å². The summed E-state index contributed by atoms with van der Waals surface area (Å²) >= 11 is 2.44. The molecule has 0 N–H and O–H groups in total. The lowest BCUT2D eigenvalue weighted by Gasteiger charge is -2.43. The van der Waals surface area contributed by atoms with Gasteiger partial charge in [-0.05, 0) is 70.0 Å². The summed E-state index contributed by atoms with van der Waals surface area (Å²) in [4.78, 5) is 46.1. The Morgan fingerprint density at radius 1 is 0.980 bits per heavy atom. The third kappa shape index (κ3) is 9.01. The third-order valence-corrected chi connectivity index (χ3v) is 10.2. The summed E-state index contributed by atoms with van der Waals surface area (Å²) in [5.41, 5.74) is -1.83. The van der Waals surface area contributed by atoms with Gasteiger partial charge in [-0.25, -0.2) is 19.4 Å². The minimum absolute atomic E-state index is 0.0102. The highest BCUT2D eigenvalue weighted by atomic mass is 32.2. The van der Waals surface area contributed by atoms with Gasteiger partial charge in [0.2, 0.25) is 0 Å². The Balaban J connectivity index is 1.81. The maximum Gasteiger partial charge on any atom is 0.416 e. The number of halogens is 6. The summed E-state index contributed by atoms with van der Waals surface area (Å²) in [7, 11) is 2.43. The van der Waals surface area contributed by atoms with Crippen LogP contribution >= 0.6 is 23.1 Å². The van der Waals surface area contributed by atoms with Crippen molar-refractivity contribution >= 4 is 46.9 Å². The topological polar surface area (TPSA) is 108 Å². The molecule has 0 spiro atoms. The molecule has 4 rings (SSSR count). The number of benzene rings is 2. The largest absolute Gasteiger partial charge is 0.496 e. The molecule has 0 bridgehead atoms. The van der Waals surface area contributed by atoms with E-state index in [1.54, 1.807) is 39.8 Å². The van der Waals surface area contributed by atoms with Gasteiger partial charge >= 0.3 is 30.5 Å². The highest BCUT2D eigenvalue weighted by Gasteiger charge is 2.41. The molecule has 0 fully saturated rings. The van der Waals surface area contributed by atoms with E-state index in [2.05, 4.69) is 4.98 Å². The van der Waals surface area contributed by atoms with Crippen molar-refractivity contribution in [2.24, 2.45) is 0 Å². The van der Waals surface area contributed by atoms with Gasteiger partial charge in [0.05, 0.1) is 56.0 Å². The Labute approximate surface area is 298 Å². The fourth-order valence-electron chi connectivity index (χ4n) is 5.65. The summed E-state index contributed by atoms with van der Waals surface area (Å²) in [6.07, 6.45) is -11.9. The minimum atomic E-state index is -5.10. The number of methoxy groups -OCH3 is 2. The van der Waals surface area contributed by atoms with Crippen LogP contribution in [0.3, 0.4) is 0 Å². The first kappa shape index (κ1) is 39.6. The number of hydrogen-bond acceptors (Lipinski definition) is 10. The molecule has 2 atom stereocenters. The molecule has 51 heavy (non-hydrogen) atoms. The van der Waals surface area contributed by atoms with Gasteiger partial charge in [0, 0.05) is 29.5 Å². The maximum atomic E-state index is 13.7. The van der Waals surface area contributed by atoms with Gasteiger partial charge < -0.3 is 18.9 Å². The van der Waals surface area contributed by atoms with Crippen molar-refractivity contribution in [3.8, 4) is 5.75 Å². The Bertz CT molecular complexity index is 1730. The maximum absolute atomic E-state index is 13.7. The molecule has 0 saturated carbocycles. The van der Waals surface area contributed by atoms with Crippen molar-refractivity contribution in [2.45, 2.75) is 75.2 Å². The number of carbonyl (C=O) groups is 3. The number of esters is 1. The van der Waals surface area contributed by atoms with Gasteiger partial charge in [-0.15, -0.1) is 11.3 Å². The number of carbonyl (C=O) groups excluding carboxylic acids is 3. The lowest BCUT2D eigenvalue weighted by atomic mass is 9.89. The Hall–Kier alpha value is -4.19. The zero-order valence-electron chi connectivity index (χ0n) is 28.4. The molecule has 3 aromatic rings. The SMILES string of the molecule is CCOC(=O)c1sc(SCc2cc3c(cc2OC)[C@@H](N(Cc2cc(C(F)(F)F)cc(C(F)(F)F)c2)C(=O)OC)C[C@@H](C)N3C(=O)OCC)nc1C. The molecule has 18 heteroatoms. The first-order valence-electron chi connectivity index (χ1n) is 15.5. The lowest BCUT2D eigenvalue weighted by Crippen LogP contribution is -2.47. The molecule has 2 amide bonds. The number of aromatic nitrogens is 1. The normalized spacial score (nSPS) is 16.0. The van der Waals surface area contributed by atoms with E-state index < -0.39 is 65.8 Å². The quantitative estimate of drug-likeness (QED) is 0.0866. The number of nitrogens with zero attached hydrogens (tertiary/aromatic N) is 3. The van der Waals surface area contributed by atoms with Crippen molar-refractivity contribution < 1.29 is 59.7 Å². The molecule has 2 heterocycles. The van der Waals surface area contributed by atoms with E-state index >= 15 is 0 Å². The van der Waals surface area contributed by atoms with Crippen molar-refractivity contribution in [3.63, 3.8) is 0 Å². The van der Waals surface area contributed by atoms with Gasteiger partial charge in [-0.2, -0.15) is 26.3 Å². The first-order valence-corrected chi connectivity index (χ1v) is 17.3. The second kappa shape index (κ2) is 16.0. The molecule has 0 aliphatic carbocycles. The Morgan fingerprint density at radius 2 is 1.61 bits per heavy atom. The second-order valence-corrected chi connectivity index (χ2v) is 13.5. The fraction of sp³-hybridized carbons (Fsp3) is 0.455. The monoisotopic (exact) mass is 763 g/mol. The van der Waals surface area contributed by atoms with Gasteiger partial charge in [0.1, 0.15) is 10.6 Å². The van der Waals surface area contributed by atoms with E-state index in [1.165, 1.54) is 23.8 Å². The number of anilines is 1. The van der Waals surface area contributed by atoms with E-state index in [4.69, 9.17) is 18.9 Å². The smallest absolute Gasteiger partial charge is 0.416 e. The predicted molar refractivity (Wildman–Crippen MR) is 176 cm³/mol. The minimum Gasteiger partial charge on any atom is -0.496 e. The van der Waals surface area contributed by atoms with Crippen LogP contribution in [-0.4, -0.2) is 61.5 Å². The van der Waals surface area contributed by atoms with Gasteiger partial charge in [0.15, 0.2) is 4.34 Å². The number of alkyl halides is 6. The molecule has 1 aliphatic heterocycles. The second-order valence-electron chi connectivity index (χ2n) is 11.3. The van der Waals surface area contributed by atoms with E-state index in [9.17, 15) is 40.7 Å². The number of rotatable bonds is 10. The van der Waals surface area contributed by atoms with Crippen molar-refractivity contribution in [3.05, 3.63) is 68.7 Å². The molecule has 10 nitrogen and oxygen atoms in total. The summed E-state index contributed by atoms with van der Waals surface area (Å²) in [6, 6.07) is 2.67. The molecule has 2 aromatic carbocycles. The number of thiazole rings is 1. The average Bonchev–Trinajstić information content (AvgIpc) is 3.44. The highest BCUT2D eigenvalue weighted by molar-refractivity contribution is 8.00. The summed E-state index contributed by atoms with van der Waals surface area (Å²) in [5, 5.41) is 0. The molecule has 0 unspecified atom stereocenters. The van der Waals surface area contributed by atoms with E-state index in [0.717, 1.165) is 23.3 Å². The summed E-state index contributed by atoms with van der Waals surface area (Å²) < 4.78 is 104. The van der Waals surface area contributed by atoms with Crippen LogP contribution < -0.4 is 9.64 Å². The van der Waals surface area contributed by atoms with Crippen molar-refractivity contribution in [2.75, 3.05) is 32.3 Å². The van der Waals surface area contributed by atoms with E-state index in [1.807, 2.05) is 0 Å². The molecular formula is C33H35F6N3O7S2. The summed E-state index contributed by atoms with van der Waals surface area (Å²) in [5.74, 6) is 0.0597. The molecule has 1 aliphatic rings. The third-order valence-electron chi connectivity index (χ3n) is 7.89. The Morgan fingerprint density at radius 3 is 2.16 bits per heavy atom. The zero-order chi connectivity index (χ0) is 37.8. The number of amides is 2. The van der Waals surface area contributed by atoms with Gasteiger partial charge in [-0.3, -0.25) is 9.80 Å². The number of fused-ring (bicyclic) bond motifs is 1. The standard InChI is InChI=1S/C33H35F6N3O7S2/c1-7-48-28(43)27-18(4)40-29(51-27)50-16-20-12-25-23(14-26(20)46-5)24(9-17(3)42(25)31(45)49-8-2)41(30(44)47-6)15-19-10-21(32(34,35)36)13-22(11-19)33(37,38)39/h10-14,17,24H,7-9,15-16H2,1-6H3/t17-,24+/m1/s1. The number of thioether (sulfide) groups is 1. The lowest BCUT2D eigenvalue weighted by molar-refractivity contribution is -0.143. The van der Waals surface area contributed by atoms with Crippen LogP contribution in [0.4, 0.5) is 41.6 Å². The number of aryl methyl sites for hydroxylation is 1. The fourth-order valence-corrected chi connectivity index (χ4v) is 7.71. The van der Waals surface area contributed by atoms with Crippen LogP contribution in [0.5, 0.6) is 5.75 Å². The average molecular weight is 764 g/mol. The molecule has 1 aromatic heterocycles. The molecule has 0 saturated heterocycles. The van der Waals surface area contributed by atoms with Crippen LogP contribution in [-0.2, 0) is 38.9 Å². The Kier molecular flexibility index (Phi) is 12.4. The zero-order valence-corrected chi connectivity index (χ0v) is 30.0. The van der Waals surface area contributed by atoms with E-state index in [-0.39, 0.29) is 37.1 Å². The van der Waals surface area contributed by atoms with Gasteiger partial charge in [0.25, 0.3) is 0 Å². The van der Waals surface area contributed by atoms with Gasteiger partial charge in [-0.1, -0.05) is 11.8 Å². The number of ether oxygens (including phenoxy) is 4. The van der Waals surface area contributed by atoms with Crippen LogP contribution in [0, 0.1) is 6.92 Å². The highest BCUT2D eigenvalue weighted by Crippen LogP contribution is 2.46. The van der Waals surface area contributed by atoms with Crippen LogP contribution in [0.15, 0.2) is 34.7 Å². The van der Waals surface area contributed by atoms with Crippen molar-refractivity contribution in [1.29, 1.82) is 0 Å². The summed E-state index contributed by atoms with van der Waals surface area (Å²) in [6.45, 7) is 6.21. The molecular weight excluding hydrogens is 728 g/mol. The van der Waals surface area contributed by atoms with Crippen molar-refractivity contribution in [1.82, 2.24) is 9.88 Å². The first-order chi connectivity index (χ1) is 23.9. The molecule has 0 radical (unpaired) electrons.